The standard InChI is InChI=1S/C9H10FNOS/c1-11(2)9(13)12-8-5-3-4-7(10)6-8/h3-6H,1-2H3. The van der Waals surface area contributed by atoms with E-state index in [9.17, 15) is 4.39 Å². The summed E-state index contributed by atoms with van der Waals surface area (Å²) in [5.41, 5.74) is 0. The lowest BCUT2D eigenvalue weighted by Gasteiger charge is -2.13. The topological polar surface area (TPSA) is 12.5 Å². The van der Waals surface area contributed by atoms with Gasteiger partial charge in [0.15, 0.2) is 0 Å². The van der Waals surface area contributed by atoms with Gasteiger partial charge in [-0.3, -0.25) is 0 Å². The molecule has 0 bridgehead atoms. The van der Waals surface area contributed by atoms with Crippen LogP contribution in [0.5, 0.6) is 5.75 Å². The molecule has 70 valence electrons. The number of thiocarbonyl (C=S) groups is 1. The summed E-state index contributed by atoms with van der Waals surface area (Å²) in [6.45, 7) is 0. The molecule has 0 radical (unpaired) electrons. The molecule has 0 aromatic heterocycles. The zero-order chi connectivity index (χ0) is 9.84. The second-order valence-electron chi connectivity index (χ2n) is 2.72. The summed E-state index contributed by atoms with van der Waals surface area (Å²) in [5, 5.41) is 0.311. The van der Waals surface area contributed by atoms with Crippen molar-refractivity contribution in [3.8, 4) is 5.75 Å². The molecule has 1 aromatic carbocycles. The maximum Gasteiger partial charge on any atom is 0.264 e. The van der Waals surface area contributed by atoms with E-state index in [0.717, 1.165) is 0 Å². The van der Waals surface area contributed by atoms with Gasteiger partial charge in [0.1, 0.15) is 11.6 Å². The molecule has 0 atom stereocenters. The Morgan fingerprint density at radius 2 is 2.15 bits per heavy atom. The lowest BCUT2D eigenvalue weighted by molar-refractivity contribution is 0.446. The molecule has 0 unspecified atom stereocenters. The van der Waals surface area contributed by atoms with Gasteiger partial charge >= 0.3 is 0 Å². The predicted octanol–water partition coefficient (Wildman–Crippen LogP) is 2.05. The minimum Gasteiger partial charge on any atom is -0.432 e. The van der Waals surface area contributed by atoms with Crippen molar-refractivity contribution < 1.29 is 9.13 Å². The van der Waals surface area contributed by atoms with Crippen molar-refractivity contribution in [2.75, 3.05) is 14.1 Å². The fourth-order valence-corrected chi connectivity index (χ4v) is 0.819. The van der Waals surface area contributed by atoms with Crippen molar-refractivity contribution in [2.24, 2.45) is 0 Å². The number of ether oxygens (including phenoxy) is 1. The minimum absolute atomic E-state index is 0.311. The molecule has 1 rings (SSSR count). The average molecular weight is 199 g/mol. The van der Waals surface area contributed by atoms with Gasteiger partial charge in [0.05, 0.1) is 0 Å². The van der Waals surface area contributed by atoms with Crippen LogP contribution in [0, 0.1) is 5.82 Å². The van der Waals surface area contributed by atoms with Gasteiger partial charge in [-0.15, -0.1) is 0 Å². The van der Waals surface area contributed by atoms with Crippen LogP contribution in [0.3, 0.4) is 0 Å². The molecule has 1 aromatic rings. The Morgan fingerprint density at radius 1 is 1.46 bits per heavy atom. The van der Waals surface area contributed by atoms with Crippen molar-refractivity contribution >= 4 is 17.4 Å². The van der Waals surface area contributed by atoms with Crippen LogP contribution in [0.1, 0.15) is 0 Å². The van der Waals surface area contributed by atoms with E-state index in [2.05, 4.69) is 0 Å². The Kier molecular flexibility index (Phi) is 3.19. The Morgan fingerprint density at radius 3 is 2.69 bits per heavy atom. The van der Waals surface area contributed by atoms with Crippen LogP contribution in [-0.2, 0) is 0 Å². The first-order chi connectivity index (χ1) is 6.09. The third-order valence-electron chi connectivity index (χ3n) is 1.37. The van der Waals surface area contributed by atoms with E-state index < -0.39 is 0 Å². The summed E-state index contributed by atoms with van der Waals surface area (Å²) in [6.07, 6.45) is 0. The maximum absolute atomic E-state index is 12.7. The molecule has 0 saturated carbocycles. The Labute approximate surface area is 81.9 Å². The maximum atomic E-state index is 12.7. The summed E-state index contributed by atoms with van der Waals surface area (Å²) in [5.74, 6) is 0.0813. The molecule has 0 heterocycles. The Bertz CT molecular complexity index is 314. The molecule has 0 spiro atoms. The number of rotatable bonds is 1. The van der Waals surface area contributed by atoms with Crippen LogP contribution in [0.2, 0.25) is 0 Å². The minimum atomic E-state index is -0.334. The third kappa shape index (κ3) is 2.99. The smallest absolute Gasteiger partial charge is 0.264 e. The van der Waals surface area contributed by atoms with Crippen LogP contribution < -0.4 is 4.74 Å². The molecule has 13 heavy (non-hydrogen) atoms. The lowest BCUT2D eigenvalue weighted by atomic mass is 10.3. The van der Waals surface area contributed by atoms with Gasteiger partial charge in [-0.1, -0.05) is 6.07 Å². The monoisotopic (exact) mass is 199 g/mol. The first-order valence-corrected chi connectivity index (χ1v) is 4.15. The van der Waals surface area contributed by atoms with E-state index in [1.165, 1.54) is 12.1 Å². The van der Waals surface area contributed by atoms with Crippen molar-refractivity contribution in [1.29, 1.82) is 0 Å². The van der Waals surface area contributed by atoms with E-state index in [-0.39, 0.29) is 5.82 Å². The molecule has 0 N–H and O–H groups in total. The summed E-state index contributed by atoms with van der Waals surface area (Å²) >= 11 is 4.88. The van der Waals surface area contributed by atoms with Crippen LogP contribution in [-0.4, -0.2) is 24.2 Å². The second-order valence-corrected chi connectivity index (χ2v) is 3.07. The molecule has 2 nitrogen and oxygen atoms in total. The highest BCUT2D eigenvalue weighted by molar-refractivity contribution is 7.80. The van der Waals surface area contributed by atoms with Crippen molar-refractivity contribution in [3.05, 3.63) is 30.1 Å². The van der Waals surface area contributed by atoms with Gasteiger partial charge in [0.2, 0.25) is 0 Å². The summed E-state index contributed by atoms with van der Waals surface area (Å²) in [6, 6.07) is 5.86. The van der Waals surface area contributed by atoms with Crippen molar-refractivity contribution in [1.82, 2.24) is 4.90 Å². The highest BCUT2D eigenvalue weighted by Crippen LogP contribution is 2.12. The van der Waals surface area contributed by atoms with Gasteiger partial charge in [-0.05, 0) is 24.4 Å². The summed E-state index contributed by atoms with van der Waals surface area (Å²) in [7, 11) is 3.53. The predicted molar refractivity (Wildman–Crippen MR) is 53.3 cm³/mol. The second kappa shape index (κ2) is 4.18. The van der Waals surface area contributed by atoms with E-state index in [1.807, 2.05) is 0 Å². The van der Waals surface area contributed by atoms with Crippen LogP contribution in [0.25, 0.3) is 0 Å². The van der Waals surface area contributed by atoms with E-state index in [4.69, 9.17) is 17.0 Å². The number of benzene rings is 1. The van der Waals surface area contributed by atoms with Gasteiger partial charge in [0, 0.05) is 20.2 Å². The molecule has 0 fully saturated rings. The molecule has 0 aliphatic heterocycles. The zero-order valence-electron chi connectivity index (χ0n) is 7.45. The Hall–Kier alpha value is -1.16. The number of nitrogens with zero attached hydrogens (tertiary/aromatic N) is 1. The lowest BCUT2D eigenvalue weighted by Crippen LogP contribution is -2.24. The first kappa shape index (κ1) is 9.92. The molecular weight excluding hydrogens is 189 g/mol. The van der Waals surface area contributed by atoms with E-state index >= 15 is 0 Å². The fraction of sp³-hybridized carbons (Fsp3) is 0.222. The molecule has 0 amide bonds. The summed E-state index contributed by atoms with van der Waals surface area (Å²) < 4.78 is 17.9. The number of hydrogen-bond donors (Lipinski definition) is 0. The van der Waals surface area contributed by atoms with Crippen molar-refractivity contribution in [3.63, 3.8) is 0 Å². The van der Waals surface area contributed by atoms with Crippen LogP contribution >= 0.6 is 12.2 Å². The number of halogens is 1. The molecule has 4 heteroatoms. The Balaban J connectivity index is 2.69. The molecular formula is C9H10FNOS. The van der Waals surface area contributed by atoms with Crippen LogP contribution in [0.15, 0.2) is 24.3 Å². The van der Waals surface area contributed by atoms with Crippen LogP contribution in [0.4, 0.5) is 4.39 Å². The first-order valence-electron chi connectivity index (χ1n) is 3.74. The van der Waals surface area contributed by atoms with Gasteiger partial charge in [-0.2, -0.15) is 0 Å². The van der Waals surface area contributed by atoms with E-state index in [0.29, 0.717) is 10.9 Å². The van der Waals surface area contributed by atoms with Crippen molar-refractivity contribution in [2.45, 2.75) is 0 Å². The average Bonchev–Trinajstić information content (AvgIpc) is 2.04. The highest BCUT2D eigenvalue weighted by Gasteiger charge is 2.02. The highest BCUT2D eigenvalue weighted by atomic mass is 32.1. The van der Waals surface area contributed by atoms with Gasteiger partial charge < -0.3 is 9.64 Å². The molecule has 0 aliphatic rings. The normalized spacial score (nSPS) is 9.46. The zero-order valence-corrected chi connectivity index (χ0v) is 8.27. The number of hydrogen-bond acceptors (Lipinski definition) is 2. The largest absolute Gasteiger partial charge is 0.432 e. The molecule has 0 aliphatic carbocycles. The van der Waals surface area contributed by atoms with Gasteiger partial charge in [0.25, 0.3) is 5.17 Å². The van der Waals surface area contributed by atoms with Gasteiger partial charge in [-0.25, -0.2) is 4.39 Å². The summed E-state index contributed by atoms with van der Waals surface area (Å²) in [4.78, 5) is 1.64. The quantitative estimate of drug-likeness (QED) is 0.642. The van der Waals surface area contributed by atoms with E-state index in [1.54, 1.807) is 31.1 Å². The molecule has 0 saturated heterocycles. The SMILES string of the molecule is CN(C)C(=S)Oc1cccc(F)c1. The fourth-order valence-electron chi connectivity index (χ4n) is 0.723. The third-order valence-corrected chi connectivity index (χ3v) is 1.81.